The van der Waals surface area contributed by atoms with Gasteiger partial charge in [0.2, 0.25) is 0 Å². The minimum atomic E-state index is -0.609. The van der Waals surface area contributed by atoms with Crippen LogP contribution in [0, 0.1) is 5.82 Å². The van der Waals surface area contributed by atoms with Gasteiger partial charge in [-0.15, -0.1) is 11.3 Å². The van der Waals surface area contributed by atoms with Crippen molar-refractivity contribution in [3.8, 4) is 0 Å². The number of hydrogen-bond acceptors (Lipinski definition) is 5. The number of nitrogens with one attached hydrogen (secondary N) is 2. The molecular formula is C21H25FN2O3S. The molecule has 7 heteroatoms. The highest BCUT2D eigenvalue weighted by Crippen LogP contribution is 2.45. The van der Waals surface area contributed by atoms with E-state index in [1.54, 1.807) is 13.0 Å². The highest BCUT2D eigenvalue weighted by molar-refractivity contribution is 7.17. The molecule has 2 heterocycles. The Hall–Kier alpha value is -2.25. The van der Waals surface area contributed by atoms with E-state index in [1.165, 1.54) is 29.5 Å². The van der Waals surface area contributed by atoms with Gasteiger partial charge in [0.1, 0.15) is 10.8 Å². The molecule has 1 aliphatic heterocycles. The topological polar surface area (TPSA) is 67.4 Å². The second-order valence-electron chi connectivity index (χ2n) is 8.08. The number of fused-ring (bicyclic) bond motifs is 1. The Balaban J connectivity index is 2.09. The van der Waals surface area contributed by atoms with Gasteiger partial charge in [0.05, 0.1) is 17.7 Å². The molecule has 1 aliphatic rings. The fraction of sp³-hybridized carbons (Fsp3) is 0.429. The molecule has 0 spiro atoms. The normalized spacial score (nSPS) is 16.9. The number of anilines is 1. The van der Waals surface area contributed by atoms with Crippen molar-refractivity contribution >= 4 is 28.2 Å². The van der Waals surface area contributed by atoms with Crippen LogP contribution in [-0.4, -0.2) is 24.0 Å². The first-order chi connectivity index (χ1) is 13.1. The smallest absolute Gasteiger partial charge is 0.341 e. The highest BCUT2D eigenvalue weighted by atomic mass is 32.1. The molecular weight excluding hydrogens is 379 g/mol. The minimum Gasteiger partial charge on any atom is -0.462 e. The van der Waals surface area contributed by atoms with Crippen LogP contribution < -0.4 is 10.6 Å². The largest absolute Gasteiger partial charge is 0.462 e. The Morgan fingerprint density at radius 3 is 2.57 bits per heavy atom. The van der Waals surface area contributed by atoms with E-state index in [1.807, 2.05) is 13.8 Å². The fourth-order valence-electron chi connectivity index (χ4n) is 3.85. The van der Waals surface area contributed by atoms with Crippen molar-refractivity contribution in [2.45, 2.75) is 52.1 Å². The molecule has 1 amide bonds. The summed E-state index contributed by atoms with van der Waals surface area (Å²) in [5.41, 5.74) is 0.562. The molecule has 0 saturated heterocycles. The summed E-state index contributed by atoms with van der Waals surface area (Å²) in [6, 6.07) is 5.77. The monoisotopic (exact) mass is 404 g/mol. The Bertz CT molecular complexity index is 934. The van der Waals surface area contributed by atoms with E-state index in [0.717, 1.165) is 10.4 Å². The van der Waals surface area contributed by atoms with E-state index in [0.29, 0.717) is 17.0 Å². The predicted molar refractivity (Wildman–Crippen MR) is 109 cm³/mol. The van der Waals surface area contributed by atoms with Gasteiger partial charge in [-0.3, -0.25) is 4.79 Å². The standard InChI is InChI=1S/C21H25FN2O3S/c1-6-27-19(26)15-13-11-20(2,3)24-21(4,5)16(13)28-18(15)23-17(25)12-9-7-8-10-14(12)22/h7-10,24H,6,11H2,1-5H3,(H,23,25). The summed E-state index contributed by atoms with van der Waals surface area (Å²) in [6.07, 6.45) is 0.617. The van der Waals surface area contributed by atoms with E-state index < -0.39 is 17.7 Å². The van der Waals surface area contributed by atoms with Gasteiger partial charge in [0.25, 0.3) is 5.91 Å². The van der Waals surface area contributed by atoms with Crippen LogP contribution in [0.15, 0.2) is 24.3 Å². The maximum atomic E-state index is 14.0. The molecule has 0 radical (unpaired) electrons. The molecule has 2 N–H and O–H groups in total. The molecule has 1 aromatic carbocycles. The number of thiophene rings is 1. The zero-order valence-electron chi connectivity index (χ0n) is 16.7. The Morgan fingerprint density at radius 1 is 1.25 bits per heavy atom. The lowest BCUT2D eigenvalue weighted by Gasteiger charge is -2.42. The van der Waals surface area contributed by atoms with Crippen molar-refractivity contribution in [1.29, 1.82) is 0 Å². The maximum Gasteiger partial charge on any atom is 0.341 e. The Labute approximate surface area is 168 Å². The number of halogens is 1. The zero-order chi connectivity index (χ0) is 20.7. The molecule has 5 nitrogen and oxygen atoms in total. The first-order valence-electron chi connectivity index (χ1n) is 9.24. The van der Waals surface area contributed by atoms with Crippen molar-refractivity contribution in [2.75, 3.05) is 11.9 Å². The summed E-state index contributed by atoms with van der Waals surface area (Å²) in [5.74, 6) is -1.67. The van der Waals surface area contributed by atoms with Crippen LogP contribution in [0.25, 0.3) is 0 Å². The van der Waals surface area contributed by atoms with Crippen LogP contribution in [0.4, 0.5) is 9.39 Å². The molecule has 0 bridgehead atoms. The van der Waals surface area contributed by atoms with Gasteiger partial charge in [-0.25, -0.2) is 9.18 Å². The SMILES string of the molecule is CCOC(=O)c1c(NC(=O)c2ccccc2F)sc2c1CC(C)(C)NC2(C)C. The third-order valence-corrected chi connectivity index (χ3v) is 6.14. The summed E-state index contributed by atoms with van der Waals surface area (Å²) in [5, 5.41) is 6.71. The molecule has 2 aromatic rings. The molecule has 0 saturated carbocycles. The average molecular weight is 405 g/mol. The van der Waals surface area contributed by atoms with E-state index in [-0.39, 0.29) is 23.2 Å². The van der Waals surface area contributed by atoms with Crippen LogP contribution in [0.5, 0.6) is 0 Å². The second kappa shape index (κ2) is 7.29. The van der Waals surface area contributed by atoms with E-state index >= 15 is 0 Å². The van der Waals surface area contributed by atoms with Crippen LogP contribution in [0.3, 0.4) is 0 Å². The third kappa shape index (κ3) is 3.82. The number of amides is 1. The number of hydrogen-bond donors (Lipinski definition) is 2. The van der Waals surface area contributed by atoms with Crippen molar-refractivity contribution in [3.63, 3.8) is 0 Å². The number of rotatable bonds is 4. The van der Waals surface area contributed by atoms with Crippen LogP contribution in [0.2, 0.25) is 0 Å². The van der Waals surface area contributed by atoms with Crippen molar-refractivity contribution in [3.05, 3.63) is 51.7 Å². The summed E-state index contributed by atoms with van der Waals surface area (Å²) in [7, 11) is 0. The van der Waals surface area contributed by atoms with Gasteiger partial charge in [0, 0.05) is 16.0 Å². The fourth-order valence-corrected chi connectivity index (χ4v) is 5.11. The van der Waals surface area contributed by atoms with Crippen molar-refractivity contribution in [2.24, 2.45) is 0 Å². The zero-order valence-corrected chi connectivity index (χ0v) is 17.6. The molecule has 3 rings (SSSR count). The molecule has 0 aliphatic carbocycles. The van der Waals surface area contributed by atoms with Crippen LogP contribution in [-0.2, 0) is 16.7 Å². The molecule has 28 heavy (non-hydrogen) atoms. The number of esters is 1. The molecule has 150 valence electrons. The number of carbonyl (C=O) groups excluding carboxylic acids is 2. The second-order valence-corrected chi connectivity index (χ2v) is 9.10. The average Bonchev–Trinajstić information content (AvgIpc) is 2.92. The summed E-state index contributed by atoms with van der Waals surface area (Å²) >= 11 is 1.33. The molecule has 0 atom stereocenters. The lowest BCUT2D eigenvalue weighted by molar-refractivity contribution is 0.0526. The van der Waals surface area contributed by atoms with Crippen molar-refractivity contribution in [1.82, 2.24) is 5.32 Å². The van der Waals surface area contributed by atoms with Gasteiger partial charge < -0.3 is 15.4 Å². The third-order valence-electron chi connectivity index (χ3n) is 4.67. The van der Waals surface area contributed by atoms with Crippen LogP contribution >= 0.6 is 11.3 Å². The lowest BCUT2D eigenvalue weighted by Crippen LogP contribution is -2.55. The summed E-state index contributed by atoms with van der Waals surface area (Å²) < 4.78 is 19.3. The van der Waals surface area contributed by atoms with E-state index in [9.17, 15) is 14.0 Å². The lowest BCUT2D eigenvalue weighted by atomic mass is 9.81. The quantitative estimate of drug-likeness (QED) is 0.738. The van der Waals surface area contributed by atoms with Gasteiger partial charge in [-0.05, 0) is 58.7 Å². The molecule has 1 aromatic heterocycles. The summed E-state index contributed by atoms with van der Waals surface area (Å²) in [6.45, 7) is 10.2. The predicted octanol–water partition coefficient (Wildman–Crippen LogP) is 4.48. The Kier molecular flexibility index (Phi) is 5.34. The highest BCUT2D eigenvalue weighted by Gasteiger charge is 2.42. The summed E-state index contributed by atoms with van der Waals surface area (Å²) in [4.78, 5) is 26.4. The minimum absolute atomic E-state index is 0.0682. The molecule has 0 unspecified atom stereocenters. The maximum absolute atomic E-state index is 14.0. The van der Waals surface area contributed by atoms with Crippen molar-refractivity contribution < 1.29 is 18.7 Å². The van der Waals surface area contributed by atoms with E-state index in [4.69, 9.17) is 4.74 Å². The Morgan fingerprint density at radius 2 is 1.93 bits per heavy atom. The first kappa shape index (κ1) is 20.5. The van der Waals surface area contributed by atoms with E-state index in [2.05, 4.69) is 24.5 Å². The molecule has 0 fully saturated rings. The van der Waals surface area contributed by atoms with Gasteiger partial charge >= 0.3 is 5.97 Å². The number of benzene rings is 1. The first-order valence-corrected chi connectivity index (χ1v) is 10.1. The van der Waals surface area contributed by atoms with Gasteiger partial charge in [-0.2, -0.15) is 0 Å². The van der Waals surface area contributed by atoms with Crippen LogP contribution in [0.1, 0.15) is 65.8 Å². The van der Waals surface area contributed by atoms with Gasteiger partial charge in [0.15, 0.2) is 0 Å². The number of carbonyl (C=O) groups is 2. The van der Waals surface area contributed by atoms with Gasteiger partial charge in [-0.1, -0.05) is 12.1 Å². The number of ether oxygens (including phenoxy) is 1.